The van der Waals surface area contributed by atoms with Crippen molar-refractivity contribution in [2.24, 2.45) is 13.0 Å². The summed E-state index contributed by atoms with van der Waals surface area (Å²) in [7, 11) is 3.03. The Morgan fingerprint density at radius 3 is 2.90 bits per heavy atom. The first-order valence-corrected chi connectivity index (χ1v) is 7.13. The summed E-state index contributed by atoms with van der Waals surface area (Å²) in [5.74, 6) is 0.960. The quantitative estimate of drug-likeness (QED) is 0.901. The van der Waals surface area contributed by atoms with E-state index in [1.165, 1.54) is 17.7 Å². The molecule has 1 aromatic rings. The van der Waals surface area contributed by atoms with Crippen LogP contribution < -0.4 is 15.6 Å². The highest BCUT2D eigenvalue weighted by Crippen LogP contribution is 2.33. The van der Waals surface area contributed by atoms with Crippen LogP contribution in [-0.2, 0) is 11.8 Å². The molecule has 1 amide bonds. The molecule has 20 heavy (non-hydrogen) atoms. The molecule has 1 N–H and O–H groups in total. The molecule has 0 atom stereocenters. The molecule has 6 nitrogen and oxygen atoms in total. The molecule has 0 spiro atoms. The Balaban J connectivity index is 1.81. The second-order valence-corrected chi connectivity index (χ2v) is 5.74. The van der Waals surface area contributed by atoms with Gasteiger partial charge >= 0.3 is 6.09 Å². The van der Waals surface area contributed by atoms with Crippen molar-refractivity contribution in [1.82, 2.24) is 9.88 Å². The average Bonchev–Trinajstić information content (AvgIpc) is 2.37. The summed E-state index contributed by atoms with van der Waals surface area (Å²) in [5.41, 5.74) is -0.105. The maximum absolute atomic E-state index is 11.6. The van der Waals surface area contributed by atoms with Crippen molar-refractivity contribution in [3.05, 3.63) is 27.1 Å². The van der Waals surface area contributed by atoms with Crippen molar-refractivity contribution in [1.29, 1.82) is 0 Å². The number of methoxy groups -OCH3 is 1. The van der Waals surface area contributed by atoms with Crippen molar-refractivity contribution in [2.45, 2.75) is 18.9 Å². The lowest BCUT2D eigenvalue weighted by molar-refractivity contribution is 0.0629. The minimum Gasteiger partial charge on any atom is -0.489 e. The molecular weight excluding hydrogens is 328 g/mol. The molecule has 1 heterocycles. The number of nitrogens with zero attached hydrogens (tertiary/aromatic N) is 1. The number of alkyl carbamates (subject to hydrolysis) is 1. The number of aromatic nitrogens is 1. The number of hydrogen-bond acceptors (Lipinski definition) is 4. The zero-order valence-corrected chi connectivity index (χ0v) is 13.0. The standard InChI is InChI=1S/C13H17BrN2O4/c1-16-7-10(14)11(5-12(16)17)20-9-3-8(4-9)6-15-13(18)19-2/h5,7-9H,3-4,6H2,1-2H3,(H,15,18). The van der Waals surface area contributed by atoms with Gasteiger partial charge in [-0.3, -0.25) is 4.79 Å². The molecule has 0 bridgehead atoms. The molecule has 0 aromatic carbocycles. The van der Waals surface area contributed by atoms with E-state index in [1.807, 2.05) is 0 Å². The molecular formula is C13H17BrN2O4. The Bertz CT molecular complexity index is 552. The van der Waals surface area contributed by atoms with Crippen molar-refractivity contribution < 1.29 is 14.3 Å². The van der Waals surface area contributed by atoms with Crippen LogP contribution in [0.3, 0.4) is 0 Å². The molecule has 0 saturated heterocycles. The zero-order chi connectivity index (χ0) is 14.7. The van der Waals surface area contributed by atoms with Gasteiger partial charge in [0.1, 0.15) is 5.75 Å². The maximum atomic E-state index is 11.6. The van der Waals surface area contributed by atoms with Crippen LogP contribution in [0.1, 0.15) is 12.8 Å². The van der Waals surface area contributed by atoms with E-state index >= 15 is 0 Å². The second-order valence-electron chi connectivity index (χ2n) is 4.88. The predicted octanol–water partition coefficient (Wildman–Crippen LogP) is 1.66. The number of carbonyl (C=O) groups is 1. The van der Waals surface area contributed by atoms with Gasteiger partial charge in [0.2, 0.25) is 0 Å². The van der Waals surface area contributed by atoms with Crippen LogP contribution in [-0.4, -0.2) is 30.4 Å². The smallest absolute Gasteiger partial charge is 0.406 e. The summed E-state index contributed by atoms with van der Waals surface area (Å²) >= 11 is 3.38. The Morgan fingerprint density at radius 1 is 1.55 bits per heavy atom. The normalized spacial score (nSPS) is 20.9. The minimum atomic E-state index is -0.413. The number of amides is 1. The number of ether oxygens (including phenoxy) is 2. The van der Waals surface area contributed by atoms with E-state index < -0.39 is 6.09 Å². The lowest BCUT2D eigenvalue weighted by Crippen LogP contribution is -2.41. The minimum absolute atomic E-state index is 0.0860. The van der Waals surface area contributed by atoms with Crippen molar-refractivity contribution in [3.8, 4) is 5.75 Å². The third-order valence-electron chi connectivity index (χ3n) is 3.35. The molecule has 1 saturated carbocycles. The van der Waals surface area contributed by atoms with Gasteiger partial charge in [0.15, 0.2) is 0 Å². The average molecular weight is 345 g/mol. The fraction of sp³-hybridized carbons (Fsp3) is 0.538. The van der Waals surface area contributed by atoms with Gasteiger partial charge in [-0.25, -0.2) is 4.79 Å². The van der Waals surface area contributed by atoms with Gasteiger partial charge < -0.3 is 19.4 Å². The van der Waals surface area contributed by atoms with Gasteiger partial charge in [0, 0.05) is 25.9 Å². The molecule has 1 fully saturated rings. The van der Waals surface area contributed by atoms with Gasteiger partial charge in [0.25, 0.3) is 5.56 Å². The highest BCUT2D eigenvalue weighted by atomic mass is 79.9. The van der Waals surface area contributed by atoms with Gasteiger partial charge in [-0.1, -0.05) is 0 Å². The Morgan fingerprint density at radius 2 is 2.25 bits per heavy atom. The molecule has 0 radical (unpaired) electrons. The summed E-state index contributed by atoms with van der Waals surface area (Å²) < 4.78 is 12.5. The van der Waals surface area contributed by atoms with Crippen LogP contribution in [0.15, 0.2) is 21.5 Å². The Labute approximate surface area is 125 Å². The number of hydrogen-bond donors (Lipinski definition) is 1. The van der Waals surface area contributed by atoms with Crippen LogP contribution >= 0.6 is 15.9 Å². The predicted molar refractivity (Wildman–Crippen MR) is 76.9 cm³/mol. The van der Waals surface area contributed by atoms with Gasteiger partial charge in [-0.15, -0.1) is 0 Å². The number of pyridine rings is 1. The largest absolute Gasteiger partial charge is 0.489 e. The van der Waals surface area contributed by atoms with Crippen LogP contribution in [0.2, 0.25) is 0 Å². The third-order valence-corrected chi connectivity index (χ3v) is 3.95. The van der Waals surface area contributed by atoms with Crippen LogP contribution in [0, 0.1) is 5.92 Å². The first-order chi connectivity index (χ1) is 9.49. The van der Waals surface area contributed by atoms with E-state index in [4.69, 9.17) is 4.74 Å². The highest BCUT2D eigenvalue weighted by Gasteiger charge is 2.31. The summed E-state index contributed by atoms with van der Waals surface area (Å²) in [5, 5.41) is 2.67. The number of aryl methyl sites for hydroxylation is 1. The maximum Gasteiger partial charge on any atom is 0.406 e. The molecule has 2 rings (SSSR count). The number of rotatable bonds is 4. The van der Waals surface area contributed by atoms with E-state index in [0.717, 1.165) is 17.3 Å². The number of carbonyl (C=O) groups excluding carboxylic acids is 1. The molecule has 0 aliphatic heterocycles. The van der Waals surface area contributed by atoms with Crippen molar-refractivity contribution >= 4 is 22.0 Å². The van der Waals surface area contributed by atoms with E-state index in [9.17, 15) is 9.59 Å². The topological polar surface area (TPSA) is 69.6 Å². The SMILES string of the molecule is COC(=O)NCC1CC(Oc2cc(=O)n(C)cc2Br)C1. The second kappa shape index (κ2) is 6.30. The summed E-state index contributed by atoms with van der Waals surface area (Å²) in [6, 6.07) is 1.48. The van der Waals surface area contributed by atoms with Crippen LogP contribution in [0.4, 0.5) is 4.79 Å². The highest BCUT2D eigenvalue weighted by molar-refractivity contribution is 9.10. The van der Waals surface area contributed by atoms with Gasteiger partial charge in [0.05, 0.1) is 17.7 Å². The van der Waals surface area contributed by atoms with E-state index in [2.05, 4.69) is 26.0 Å². The Hall–Kier alpha value is -1.50. The van der Waals surface area contributed by atoms with Gasteiger partial charge in [-0.05, 0) is 34.7 Å². The molecule has 1 aliphatic rings. The molecule has 0 unspecified atom stereocenters. The molecule has 1 aliphatic carbocycles. The fourth-order valence-corrected chi connectivity index (χ4v) is 2.60. The third kappa shape index (κ3) is 3.53. The first-order valence-electron chi connectivity index (χ1n) is 6.34. The summed E-state index contributed by atoms with van der Waals surface area (Å²) in [4.78, 5) is 22.5. The molecule has 7 heteroatoms. The van der Waals surface area contributed by atoms with Crippen molar-refractivity contribution in [2.75, 3.05) is 13.7 Å². The summed E-state index contributed by atoms with van der Waals surface area (Å²) in [6.07, 6.45) is 3.07. The number of halogens is 1. The summed E-state index contributed by atoms with van der Waals surface area (Å²) in [6.45, 7) is 0.588. The van der Waals surface area contributed by atoms with Crippen LogP contribution in [0.5, 0.6) is 5.75 Å². The van der Waals surface area contributed by atoms with Crippen molar-refractivity contribution in [3.63, 3.8) is 0 Å². The van der Waals surface area contributed by atoms with Gasteiger partial charge in [-0.2, -0.15) is 0 Å². The zero-order valence-electron chi connectivity index (χ0n) is 11.4. The molecule has 110 valence electrons. The van der Waals surface area contributed by atoms with E-state index in [1.54, 1.807) is 13.2 Å². The lowest BCUT2D eigenvalue weighted by Gasteiger charge is -2.35. The van der Waals surface area contributed by atoms with Crippen LogP contribution in [0.25, 0.3) is 0 Å². The monoisotopic (exact) mass is 344 g/mol. The molecule has 1 aromatic heterocycles. The fourth-order valence-electron chi connectivity index (χ4n) is 2.09. The van der Waals surface area contributed by atoms with E-state index in [0.29, 0.717) is 18.2 Å². The van der Waals surface area contributed by atoms with E-state index in [-0.39, 0.29) is 11.7 Å². The Kier molecular flexibility index (Phi) is 4.69. The number of nitrogens with one attached hydrogen (secondary N) is 1. The lowest BCUT2D eigenvalue weighted by atomic mass is 9.82. The first kappa shape index (κ1) is 14.9.